The van der Waals surface area contributed by atoms with Gasteiger partial charge in [-0.1, -0.05) is 20.3 Å². The molecule has 0 aliphatic carbocycles. The topological polar surface area (TPSA) is 66.4 Å². The van der Waals surface area contributed by atoms with Gasteiger partial charge in [0.1, 0.15) is 6.04 Å². The predicted molar refractivity (Wildman–Crippen MR) is 44.7 cm³/mol. The number of aliphatic carboxylic acids is 1. The molecule has 0 saturated carbocycles. The van der Waals surface area contributed by atoms with Crippen LogP contribution in [0.25, 0.3) is 0 Å². The highest BCUT2D eigenvalue weighted by Crippen LogP contribution is 2.07. The zero-order chi connectivity index (χ0) is 10.4. The van der Waals surface area contributed by atoms with Crippen molar-refractivity contribution >= 4 is 11.9 Å². The highest BCUT2D eigenvalue weighted by Gasteiger charge is 2.23. The Bertz CT molecular complexity index is 196. The number of hydrogen-bond acceptors (Lipinski definition) is 2. The maximum absolute atomic E-state index is 10.8. The zero-order valence-electron chi connectivity index (χ0n) is 8.33. The van der Waals surface area contributed by atoms with Crippen LogP contribution in [0.3, 0.4) is 0 Å². The van der Waals surface area contributed by atoms with Gasteiger partial charge in [0.25, 0.3) is 0 Å². The van der Waals surface area contributed by atoms with Gasteiger partial charge in [-0.3, -0.25) is 4.79 Å². The SMILES string of the molecule is [2H]CC(=O)N[C@H](C(=O)O)[C@H](C)CC. The number of hydrogen-bond donors (Lipinski definition) is 2. The van der Waals surface area contributed by atoms with Crippen molar-refractivity contribution in [3.05, 3.63) is 0 Å². The Morgan fingerprint density at radius 2 is 2.25 bits per heavy atom. The summed E-state index contributed by atoms with van der Waals surface area (Å²) < 4.78 is 6.74. The first kappa shape index (κ1) is 9.03. The van der Waals surface area contributed by atoms with Crippen molar-refractivity contribution in [2.75, 3.05) is 0 Å². The van der Waals surface area contributed by atoms with Crippen LogP contribution in [0.5, 0.6) is 0 Å². The summed E-state index contributed by atoms with van der Waals surface area (Å²) in [4.78, 5) is 21.5. The molecule has 0 aromatic rings. The van der Waals surface area contributed by atoms with Crippen molar-refractivity contribution in [2.45, 2.75) is 33.2 Å². The van der Waals surface area contributed by atoms with Gasteiger partial charge >= 0.3 is 5.97 Å². The summed E-state index contributed by atoms with van der Waals surface area (Å²) in [5.41, 5.74) is 0. The lowest BCUT2D eigenvalue weighted by Gasteiger charge is -2.18. The standard InChI is InChI=1S/C8H15NO3/c1-4-5(2)7(8(11)12)9-6(3)10/h5,7H,4H2,1-3H3,(H,9,10)(H,11,12)/t5-,7+/m1/s1/i3D. The summed E-state index contributed by atoms with van der Waals surface area (Å²) in [5.74, 6) is -1.71. The smallest absolute Gasteiger partial charge is 0.326 e. The minimum atomic E-state index is -1.05. The van der Waals surface area contributed by atoms with Gasteiger partial charge < -0.3 is 10.4 Å². The number of amides is 1. The number of nitrogens with one attached hydrogen (secondary N) is 1. The molecule has 0 radical (unpaired) electrons. The second kappa shape index (κ2) is 4.74. The lowest BCUT2D eigenvalue weighted by molar-refractivity contribution is -0.143. The third-order valence-corrected chi connectivity index (χ3v) is 1.80. The molecule has 0 saturated heterocycles. The molecule has 2 atom stereocenters. The second-order valence-corrected chi connectivity index (χ2v) is 2.77. The van der Waals surface area contributed by atoms with Gasteiger partial charge in [0, 0.05) is 8.27 Å². The van der Waals surface area contributed by atoms with Gasteiger partial charge in [-0.2, -0.15) is 0 Å². The molecular formula is C8H15NO3. The Labute approximate surface area is 73.4 Å². The molecule has 0 fully saturated rings. The fraction of sp³-hybridized carbons (Fsp3) is 0.750. The minimum Gasteiger partial charge on any atom is -0.480 e. The number of carbonyl (C=O) groups excluding carboxylic acids is 1. The quantitative estimate of drug-likeness (QED) is 0.656. The van der Waals surface area contributed by atoms with E-state index in [-0.39, 0.29) is 5.92 Å². The van der Waals surface area contributed by atoms with E-state index in [9.17, 15) is 9.59 Å². The van der Waals surface area contributed by atoms with E-state index >= 15 is 0 Å². The Balaban J connectivity index is 4.26. The summed E-state index contributed by atoms with van der Waals surface area (Å²) in [6.07, 6.45) is 0.676. The van der Waals surface area contributed by atoms with Gasteiger partial charge in [0.05, 0.1) is 0 Å². The first-order valence-electron chi connectivity index (χ1n) is 4.55. The van der Waals surface area contributed by atoms with E-state index in [1.807, 2.05) is 6.92 Å². The first-order chi connectivity index (χ1) is 6.02. The average molecular weight is 174 g/mol. The maximum atomic E-state index is 10.8. The summed E-state index contributed by atoms with van der Waals surface area (Å²) in [5, 5.41) is 11.0. The molecule has 0 rings (SSSR count). The molecule has 70 valence electrons. The summed E-state index contributed by atoms with van der Waals surface area (Å²) in [6, 6.07) is -0.872. The summed E-state index contributed by atoms with van der Waals surface area (Å²) in [6.45, 7) is 3.18. The normalized spacial score (nSPS) is 16.0. The van der Waals surface area contributed by atoms with Gasteiger partial charge in [0.15, 0.2) is 0 Å². The zero-order valence-corrected chi connectivity index (χ0v) is 7.33. The molecule has 4 nitrogen and oxygen atoms in total. The van der Waals surface area contributed by atoms with Crippen LogP contribution in [0.2, 0.25) is 0 Å². The molecule has 0 heterocycles. The van der Waals surface area contributed by atoms with Crippen LogP contribution in [0.1, 0.15) is 28.5 Å². The van der Waals surface area contributed by atoms with Crippen molar-refractivity contribution in [3.63, 3.8) is 0 Å². The Kier molecular flexibility index (Phi) is 3.57. The fourth-order valence-corrected chi connectivity index (χ4v) is 0.857. The highest BCUT2D eigenvalue weighted by atomic mass is 16.4. The molecule has 0 aliphatic rings. The molecule has 2 N–H and O–H groups in total. The monoisotopic (exact) mass is 174 g/mol. The van der Waals surface area contributed by atoms with Gasteiger partial charge in [0.2, 0.25) is 5.91 Å². The van der Waals surface area contributed by atoms with E-state index in [0.29, 0.717) is 6.42 Å². The van der Waals surface area contributed by atoms with Crippen LogP contribution in [-0.2, 0) is 9.59 Å². The van der Waals surface area contributed by atoms with Crippen molar-refractivity contribution in [3.8, 4) is 0 Å². The average Bonchev–Trinajstić information content (AvgIpc) is 2.11. The van der Waals surface area contributed by atoms with E-state index < -0.39 is 24.8 Å². The molecule has 4 heteroatoms. The molecule has 0 unspecified atom stereocenters. The van der Waals surface area contributed by atoms with Crippen LogP contribution in [0.15, 0.2) is 0 Å². The third kappa shape index (κ3) is 3.37. The predicted octanol–water partition coefficient (Wildman–Crippen LogP) is 0.622. The third-order valence-electron chi connectivity index (χ3n) is 1.80. The summed E-state index contributed by atoms with van der Waals surface area (Å²) in [7, 11) is 0. The van der Waals surface area contributed by atoms with Gasteiger partial charge in [-0.15, -0.1) is 0 Å². The molecule has 0 spiro atoms. The molecule has 1 amide bonds. The Hall–Kier alpha value is -1.06. The number of rotatable bonds is 4. The van der Waals surface area contributed by atoms with Crippen LogP contribution in [0.4, 0.5) is 0 Å². The fourth-order valence-electron chi connectivity index (χ4n) is 0.857. The largest absolute Gasteiger partial charge is 0.480 e. The highest BCUT2D eigenvalue weighted by molar-refractivity contribution is 5.82. The van der Waals surface area contributed by atoms with Crippen molar-refractivity contribution in [1.29, 1.82) is 0 Å². The van der Waals surface area contributed by atoms with E-state index in [1.165, 1.54) is 0 Å². The van der Waals surface area contributed by atoms with Crippen LogP contribution in [0, 0.1) is 5.92 Å². The lowest BCUT2D eigenvalue weighted by Crippen LogP contribution is -2.43. The summed E-state index contributed by atoms with van der Waals surface area (Å²) >= 11 is 0. The van der Waals surface area contributed by atoms with E-state index in [0.717, 1.165) is 0 Å². The van der Waals surface area contributed by atoms with Crippen molar-refractivity contribution < 1.29 is 16.1 Å². The number of carbonyl (C=O) groups is 2. The van der Waals surface area contributed by atoms with Crippen LogP contribution in [-0.4, -0.2) is 23.0 Å². The van der Waals surface area contributed by atoms with Gasteiger partial charge in [-0.25, -0.2) is 4.79 Å². The molecular weight excluding hydrogens is 158 g/mol. The molecule has 0 aromatic heterocycles. The van der Waals surface area contributed by atoms with E-state index in [4.69, 9.17) is 6.48 Å². The van der Waals surface area contributed by atoms with E-state index in [1.54, 1.807) is 6.92 Å². The Morgan fingerprint density at radius 3 is 2.58 bits per heavy atom. The van der Waals surface area contributed by atoms with Crippen molar-refractivity contribution in [2.24, 2.45) is 5.92 Å². The first-order valence-corrected chi connectivity index (χ1v) is 3.84. The van der Waals surface area contributed by atoms with Crippen molar-refractivity contribution in [1.82, 2.24) is 5.32 Å². The van der Waals surface area contributed by atoms with Crippen LogP contribution < -0.4 is 5.32 Å². The van der Waals surface area contributed by atoms with Crippen LogP contribution >= 0.6 is 0 Å². The van der Waals surface area contributed by atoms with E-state index in [2.05, 4.69) is 5.32 Å². The number of carboxylic acids is 1. The molecule has 0 aliphatic heterocycles. The molecule has 0 aromatic carbocycles. The maximum Gasteiger partial charge on any atom is 0.326 e. The molecule has 0 bridgehead atoms. The number of carboxylic acid groups (broad SMARTS) is 1. The Morgan fingerprint density at radius 1 is 1.67 bits per heavy atom. The second-order valence-electron chi connectivity index (χ2n) is 2.77. The van der Waals surface area contributed by atoms with Gasteiger partial charge in [-0.05, 0) is 5.92 Å². The lowest BCUT2D eigenvalue weighted by atomic mass is 9.99. The minimum absolute atomic E-state index is 0.118. The molecule has 12 heavy (non-hydrogen) atoms.